The van der Waals surface area contributed by atoms with Gasteiger partial charge in [0.25, 0.3) is 0 Å². The van der Waals surface area contributed by atoms with Gasteiger partial charge in [-0.25, -0.2) is 0 Å². The quantitative estimate of drug-likeness (QED) is 0.745. The molecule has 16 heavy (non-hydrogen) atoms. The lowest BCUT2D eigenvalue weighted by Gasteiger charge is -2.11. The lowest BCUT2D eigenvalue weighted by atomic mass is 10.2. The molecule has 0 radical (unpaired) electrons. The Bertz CT molecular complexity index is 341. The molecule has 5 nitrogen and oxygen atoms in total. The number of carbonyl (C=O) groups is 1. The van der Waals surface area contributed by atoms with Gasteiger partial charge >= 0.3 is 5.97 Å². The van der Waals surface area contributed by atoms with E-state index in [1.54, 1.807) is 17.8 Å². The minimum Gasteiger partial charge on any atom is -0.465 e. The highest BCUT2D eigenvalue weighted by molar-refractivity contribution is 8.00. The molecule has 1 unspecified atom stereocenters. The highest BCUT2D eigenvalue weighted by Crippen LogP contribution is 2.27. The van der Waals surface area contributed by atoms with Crippen LogP contribution in [0.2, 0.25) is 0 Å². The van der Waals surface area contributed by atoms with Gasteiger partial charge in [0.2, 0.25) is 0 Å². The van der Waals surface area contributed by atoms with E-state index >= 15 is 0 Å². The van der Waals surface area contributed by atoms with Crippen molar-refractivity contribution in [3.05, 3.63) is 18.0 Å². The normalized spacial score (nSPS) is 12.4. The summed E-state index contributed by atoms with van der Waals surface area (Å²) < 4.78 is 6.58. The van der Waals surface area contributed by atoms with E-state index in [0.29, 0.717) is 18.9 Å². The molecule has 1 aromatic rings. The molecule has 2 N–H and O–H groups in total. The topological polar surface area (TPSA) is 70.1 Å². The zero-order chi connectivity index (χ0) is 12.0. The first-order valence-corrected chi connectivity index (χ1v) is 6.18. The number of aryl methyl sites for hydroxylation is 1. The van der Waals surface area contributed by atoms with Gasteiger partial charge in [-0.2, -0.15) is 5.10 Å². The van der Waals surface area contributed by atoms with Crippen LogP contribution in [0.1, 0.15) is 17.7 Å². The van der Waals surface area contributed by atoms with E-state index < -0.39 is 0 Å². The SMILES string of the molecule is CCOC(=O)CSC(CN)c1cnn(C)c1. The van der Waals surface area contributed by atoms with Crippen molar-refractivity contribution in [2.45, 2.75) is 12.2 Å². The molecule has 0 amide bonds. The Morgan fingerprint density at radius 2 is 2.50 bits per heavy atom. The van der Waals surface area contributed by atoms with Crippen molar-refractivity contribution in [3.8, 4) is 0 Å². The second-order valence-electron chi connectivity index (χ2n) is 3.29. The van der Waals surface area contributed by atoms with Crippen LogP contribution >= 0.6 is 11.8 Å². The highest BCUT2D eigenvalue weighted by atomic mass is 32.2. The van der Waals surface area contributed by atoms with Gasteiger partial charge in [0.1, 0.15) is 0 Å². The smallest absolute Gasteiger partial charge is 0.315 e. The third-order valence-electron chi connectivity index (χ3n) is 2.02. The molecule has 1 aromatic heterocycles. The number of carbonyl (C=O) groups excluding carboxylic acids is 1. The average molecular weight is 243 g/mol. The summed E-state index contributed by atoms with van der Waals surface area (Å²) in [4.78, 5) is 11.2. The zero-order valence-electron chi connectivity index (χ0n) is 9.55. The van der Waals surface area contributed by atoms with Gasteiger partial charge in [0.05, 0.1) is 18.6 Å². The van der Waals surface area contributed by atoms with Crippen LogP contribution in [0.25, 0.3) is 0 Å². The first-order chi connectivity index (χ1) is 7.67. The Balaban J connectivity index is 2.46. The van der Waals surface area contributed by atoms with Crippen molar-refractivity contribution < 1.29 is 9.53 Å². The summed E-state index contributed by atoms with van der Waals surface area (Å²) in [5, 5.41) is 4.18. The summed E-state index contributed by atoms with van der Waals surface area (Å²) in [6.45, 7) is 2.69. The number of nitrogens with zero attached hydrogens (tertiary/aromatic N) is 2. The molecule has 0 saturated heterocycles. The van der Waals surface area contributed by atoms with Gasteiger partial charge in [-0.05, 0) is 6.92 Å². The van der Waals surface area contributed by atoms with Crippen LogP contribution in [0, 0.1) is 0 Å². The fraction of sp³-hybridized carbons (Fsp3) is 0.600. The molecular weight excluding hydrogens is 226 g/mol. The van der Waals surface area contributed by atoms with E-state index in [4.69, 9.17) is 10.5 Å². The van der Waals surface area contributed by atoms with Crippen LogP contribution in [-0.2, 0) is 16.6 Å². The number of rotatable bonds is 6. The second-order valence-corrected chi connectivity index (χ2v) is 4.48. The molecule has 90 valence electrons. The monoisotopic (exact) mass is 243 g/mol. The van der Waals surface area contributed by atoms with Gasteiger partial charge in [-0.15, -0.1) is 11.8 Å². The maximum atomic E-state index is 11.2. The van der Waals surface area contributed by atoms with Gasteiger partial charge in [-0.3, -0.25) is 9.48 Å². The number of nitrogens with two attached hydrogens (primary N) is 1. The molecule has 0 bridgehead atoms. The molecule has 1 rings (SSSR count). The van der Waals surface area contributed by atoms with Gasteiger partial charge in [0.15, 0.2) is 0 Å². The number of thioether (sulfide) groups is 1. The van der Waals surface area contributed by atoms with Crippen LogP contribution in [0.15, 0.2) is 12.4 Å². The summed E-state index contributed by atoms with van der Waals surface area (Å²) in [6, 6.07) is 0. The minimum absolute atomic E-state index is 0.0955. The molecule has 0 aliphatic rings. The molecule has 1 atom stereocenters. The maximum absolute atomic E-state index is 11.2. The second kappa shape index (κ2) is 6.55. The summed E-state index contributed by atoms with van der Waals surface area (Å²) >= 11 is 1.48. The number of hydrogen-bond acceptors (Lipinski definition) is 5. The Hall–Kier alpha value is -1.01. The van der Waals surface area contributed by atoms with Crippen molar-refractivity contribution in [3.63, 3.8) is 0 Å². The van der Waals surface area contributed by atoms with E-state index in [0.717, 1.165) is 5.56 Å². The Kier molecular flexibility index (Phi) is 5.34. The summed E-state index contributed by atoms with van der Waals surface area (Å²) in [5.41, 5.74) is 6.71. The van der Waals surface area contributed by atoms with E-state index in [2.05, 4.69) is 5.10 Å². The predicted molar refractivity (Wildman–Crippen MR) is 64.1 cm³/mol. The summed E-state index contributed by atoms with van der Waals surface area (Å²) in [6.07, 6.45) is 3.69. The van der Waals surface area contributed by atoms with Crippen LogP contribution in [0.3, 0.4) is 0 Å². The zero-order valence-corrected chi connectivity index (χ0v) is 10.4. The molecule has 0 aliphatic heterocycles. The highest BCUT2D eigenvalue weighted by Gasteiger charge is 2.14. The average Bonchev–Trinajstić information content (AvgIpc) is 2.66. The predicted octanol–water partition coefficient (Wildman–Crippen LogP) is 0.716. The Morgan fingerprint density at radius 1 is 1.75 bits per heavy atom. The van der Waals surface area contributed by atoms with Crippen molar-refractivity contribution >= 4 is 17.7 Å². The van der Waals surface area contributed by atoms with Crippen LogP contribution in [0.4, 0.5) is 0 Å². The standard InChI is InChI=1S/C10H17N3O2S/c1-3-15-10(14)7-16-9(4-11)8-5-12-13(2)6-8/h5-6,9H,3-4,7,11H2,1-2H3. The minimum atomic E-state index is -0.199. The van der Waals surface area contributed by atoms with E-state index in [-0.39, 0.29) is 11.2 Å². The largest absolute Gasteiger partial charge is 0.465 e. The number of hydrogen-bond donors (Lipinski definition) is 1. The lowest BCUT2D eigenvalue weighted by molar-refractivity contribution is -0.139. The van der Waals surface area contributed by atoms with Crippen LogP contribution in [-0.4, -0.2) is 34.7 Å². The summed E-state index contributed by atoms with van der Waals surface area (Å²) in [7, 11) is 1.85. The first-order valence-electron chi connectivity index (χ1n) is 5.13. The van der Waals surface area contributed by atoms with Crippen molar-refractivity contribution in [1.82, 2.24) is 9.78 Å². The Morgan fingerprint density at radius 3 is 3.00 bits per heavy atom. The molecule has 0 aromatic carbocycles. The molecule has 0 spiro atoms. The number of esters is 1. The molecule has 1 heterocycles. The molecule has 0 saturated carbocycles. The van der Waals surface area contributed by atoms with Crippen molar-refractivity contribution in [1.29, 1.82) is 0 Å². The Labute approximate surface area is 99.3 Å². The van der Waals surface area contributed by atoms with E-state index in [1.165, 1.54) is 11.8 Å². The summed E-state index contributed by atoms with van der Waals surface area (Å²) in [5.74, 6) is 0.125. The molecular formula is C10H17N3O2S. The van der Waals surface area contributed by atoms with Crippen LogP contribution in [0.5, 0.6) is 0 Å². The van der Waals surface area contributed by atoms with Gasteiger partial charge in [0, 0.05) is 30.6 Å². The van der Waals surface area contributed by atoms with Crippen LogP contribution < -0.4 is 5.73 Å². The van der Waals surface area contributed by atoms with Gasteiger partial charge < -0.3 is 10.5 Å². The van der Waals surface area contributed by atoms with E-state index in [9.17, 15) is 4.79 Å². The molecule has 0 aliphatic carbocycles. The maximum Gasteiger partial charge on any atom is 0.315 e. The van der Waals surface area contributed by atoms with Crippen molar-refractivity contribution in [2.24, 2.45) is 12.8 Å². The molecule has 6 heteroatoms. The third-order valence-corrected chi connectivity index (χ3v) is 3.29. The first kappa shape index (κ1) is 13.1. The third kappa shape index (κ3) is 3.86. The van der Waals surface area contributed by atoms with Crippen molar-refractivity contribution in [2.75, 3.05) is 18.9 Å². The van der Waals surface area contributed by atoms with Gasteiger partial charge in [-0.1, -0.05) is 0 Å². The lowest BCUT2D eigenvalue weighted by Crippen LogP contribution is -2.13. The number of aromatic nitrogens is 2. The fourth-order valence-electron chi connectivity index (χ4n) is 1.28. The van der Waals surface area contributed by atoms with E-state index in [1.807, 2.05) is 13.2 Å². The fourth-order valence-corrected chi connectivity index (χ4v) is 2.15. The molecule has 0 fully saturated rings. The number of ether oxygens (including phenoxy) is 1.